The Morgan fingerprint density at radius 3 is 2.65 bits per heavy atom. The number of aryl methyl sites for hydroxylation is 2. The predicted molar refractivity (Wildman–Crippen MR) is 90.0 cm³/mol. The van der Waals surface area contributed by atoms with Crippen LogP contribution in [-0.2, 0) is 0 Å². The van der Waals surface area contributed by atoms with Gasteiger partial charge in [-0.25, -0.2) is 9.78 Å². The van der Waals surface area contributed by atoms with Gasteiger partial charge in [-0.2, -0.15) is 0 Å². The highest BCUT2D eigenvalue weighted by atomic mass is 16.4. The van der Waals surface area contributed by atoms with Crippen molar-refractivity contribution in [1.29, 1.82) is 0 Å². The molecule has 0 aliphatic heterocycles. The second kappa shape index (κ2) is 7.22. The molecule has 2 aromatic rings. The van der Waals surface area contributed by atoms with E-state index < -0.39 is 11.5 Å². The molecule has 0 saturated heterocycles. The van der Waals surface area contributed by atoms with Gasteiger partial charge in [0.2, 0.25) is 0 Å². The molecule has 5 heteroatoms. The first-order valence-electron chi connectivity index (χ1n) is 7.81. The molecule has 122 valence electrons. The molecule has 2 rings (SSSR count). The summed E-state index contributed by atoms with van der Waals surface area (Å²) in [4.78, 5) is 28.7. The van der Waals surface area contributed by atoms with Gasteiger partial charge < -0.3 is 9.73 Å². The maximum absolute atomic E-state index is 12.3. The number of hydrogen-bond donors (Lipinski definition) is 1. The Labute approximate surface area is 135 Å². The van der Waals surface area contributed by atoms with Crippen molar-refractivity contribution in [2.75, 3.05) is 5.32 Å². The topological polar surface area (TPSA) is 72.2 Å². The fraction of sp³-hybridized carbons (Fsp3) is 0.389. The van der Waals surface area contributed by atoms with Crippen molar-refractivity contribution in [1.82, 2.24) is 4.98 Å². The lowest BCUT2D eigenvalue weighted by atomic mass is 10.0. The summed E-state index contributed by atoms with van der Waals surface area (Å²) in [6.45, 7) is 7.75. The van der Waals surface area contributed by atoms with E-state index in [1.54, 1.807) is 25.3 Å². The number of nitrogens with zero attached hydrogens (tertiary/aromatic N) is 1. The Kier molecular flexibility index (Phi) is 5.32. The number of nitrogens with one attached hydrogen (secondary N) is 1. The Bertz CT molecular complexity index is 748. The molecule has 0 saturated carbocycles. The molecular formula is C18H22N2O3. The van der Waals surface area contributed by atoms with Crippen molar-refractivity contribution in [2.24, 2.45) is 0 Å². The summed E-state index contributed by atoms with van der Waals surface area (Å²) in [5, 5.41) is 2.63. The molecule has 1 amide bonds. The highest BCUT2D eigenvalue weighted by Crippen LogP contribution is 2.21. The number of aromatic nitrogens is 1. The van der Waals surface area contributed by atoms with E-state index in [1.807, 2.05) is 19.9 Å². The maximum Gasteiger partial charge on any atom is 0.349 e. The second-order valence-corrected chi connectivity index (χ2v) is 5.86. The van der Waals surface area contributed by atoms with Crippen LogP contribution >= 0.6 is 0 Å². The maximum atomic E-state index is 12.3. The Balaban J connectivity index is 2.27. The fourth-order valence-electron chi connectivity index (χ4n) is 2.44. The first-order chi connectivity index (χ1) is 10.9. The van der Waals surface area contributed by atoms with Gasteiger partial charge >= 0.3 is 5.63 Å². The quantitative estimate of drug-likeness (QED) is 0.911. The van der Waals surface area contributed by atoms with Crippen molar-refractivity contribution in [3.05, 3.63) is 57.3 Å². The zero-order valence-corrected chi connectivity index (χ0v) is 14.0. The highest BCUT2D eigenvalue weighted by molar-refractivity contribution is 6.04. The van der Waals surface area contributed by atoms with Gasteiger partial charge in [0.1, 0.15) is 17.1 Å². The minimum atomic E-state index is -0.604. The highest BCUT2D eigenvalue weighted by Gasteiger charge is 2.19. The number of carbonyl (C=O) groups excluding carboxylic acids is 1. The van der Waals surface area contributed by atoms with Gasteiger partial charge in [0.25, 0.3) is 5.91 Å². The average molecular weight is 314 g/mol. The molecule has 0 bridgehead atoms. The first-order valence-corrected chi connectivity index (χ1v) is 7.81. The average Bonchev–Trinajstić information content (AvgIpc) is 2.49. The van der Waals surface area contributed by atoms with E-state index in [4.69, 9.17) is 4.42 Å². The van der Waals surface area contributed by atoms with Gasteiger partial charge in [0, 0.05) is 12.1 Å². The summed E-state index contributed by atoms with van der Waals surface area (Å²) >= 11 is 0. The van der Waals surface area contributed by atoms with Gasteiger partial charge in [0.05, 0.1) is 0 Å². The van der Waals surface area contributed by atoms with E-state index in [1.165, 1.54) is 0 Å². The summed E-state index contributed by atoms with van der Waals surface area (Å²) < 4.78 is 5.34. The van der Waals surface area contributed by atoms with Crippen molar-refractivity contribution in [3.63, 3.8) is 0 Å². The molecule has 2 heterocycles. The van der Waals surface area contributed by atoms with Crippen molar-refractivity contribution in [3.8, 4) is 0 Å². The molecule has 0 radical (unpaired) electrons. The van der Waals surface area contributed by atoms with Crippen LogP contribution in [-0.4, -0.2) is 10.9 Å². The Morgan fingerprint density at radius 1 is 1.35 bits per heavy atom. The van der Waals surface area contributed by atoms with Crippen LogP contribution in [0.15, 0.2) is 33.6 Å². The van der Waals surface area contributed by atoms with Gasteiger partial charge in [-0.15, -0.1) is 0 Å². The van der Waals surface area contributed by atoms with Gasteiger partial charge in [-0.3, -0.25) is 4.79 Å². The number of carbonyl (C=O) groups is 1. The normalized spacial score (nSPS) is 12.0. The van der Waals surface area contributed by atoms with Crippen LogP contribution in [0, 0.1) is 13.8 Å². The van der Waals surface area contributed by atoms with Crippen molar-refractivity contribution >= 4 is 11.7 Å². The molecule has 0 aliphatic rings. The molecule has 23 heavy (non-hydrogen) atoms. The molecular weight excluding hydrogens is 292 g/mol. The Hall–Kier alpha value is -2.43. The molecule has 2 aromatic heterocycles. The van der Waals surface area contributed by atoms with E-state index in [9.17, 15) is 9.59 Å². The smallest absolute Gasteiger partial charge is 0.349 e. The number of amides is 1. The lowest BCUT2D eigenvalue weighted by Gasteiger charge is -2.11. The molecule has 0 aliphatic carbocycles. The number of anilines is 1. The summed E-state index contributed by atoms with van der Waals surface area (Å²) in [5.74, 6) is 0.687. The Morgan fingerprint density at radius 2 is 2.09 bits per heavy atom. The van der Waals surface area contributed by atoms with E-state index in [0.29, 0.717) is 17.1 Å². The zero-order chi connectivity index (χ0) is 17.0. The monoisotopic (exact) mass is 314 g/mol. The summed E-state index contributed by atoms with van der Waals surface area (Å²) in [5.41, 5.74) is 1.03. The van der Waals surface area contributed by atoms with E-state index in [0.717, 1.165) is 18.4 Å². The van der Waals surface area contributed by atoms with Crippen LogP contribution in [0.4, 0.5) is 5.82 Å². The minimum absolute atomic E-state index is 0.0276. The predicted octanol–water partition coefficient (Wildman–Crippen LogP) is 3.81. The van der Waals surface area contributed by atoms with Crippen LogP contribution in [0.3, 0.4) is 0 Å². The third-order valence-corrected chi connectivity index (χ3v) is 3.76. The number of pyridine rings is 1. The number of rotatable bonds is 5. The van der Waals surface area contributed by atoms with Gasteiger partial charge in [-0.05, 0) is 43.5 Å². The fourth-order valence-corrected chi connectivity index (χ4v) is 2.44. The van der Waals surface area contributed by atoms with E-state index in [-0.39, 0.29) is 11.5 Å². The molecule has 1 unspecified atom stereocenters. The SMILES string of the molecule is CCCC(C)c1cc(C)c(C(=O)Nc2ccc(C)cn2)c(=O)o1. The largest absolute Gasteiger partial charge is 0.427 e. The molecule has 0 aromatic carbocycles. The van der Waals surface area contributed by atoms with Crippen LogP contribution < -0.4 is 10.9 Å². The van der Waals surface area contributed by atoms with Crippen LogP contribution in [0.1, 0.15) is 59.9 Å². The molecule has 0 fully saturated rings. The number of hydrogen-bond acceptors (Lipinski definition) is 4. The summed E-state index contributed by atoms with van der Waals surface area (Å²) in [6.07, 6.45) is 3.59. The van der Waals surface area contributed by atoms with E-state index >= 15 is 0 Å². The third-order valence-electron chi connectivity index (χ3n) is 3.76. The first kappa shape index (κ1) is 16.9. The van der Waals surface area contributed by atoms with Crippen molar-refractivity contribution < 1.29 is 9.21 Å². The molecule has 0 spiro atoms. The zero-order valence-electron chi connectivity index (χ0n) is 14.0. The molecule has 1 atom stereocenters. The molecule has 5 nitrogen and oxygen atoms in total. The minimum Gasteiger partial charge on any atom is -0.427 e. The standard InChI is InChI=1S/C18H22N2O3/c1-5-6-12(3)14-9-13(4)16(18(22)23-14)17(21)20-15-8-7-11(2)10-19-15/h7-10,12H,5-6H2,1-4H3,(H,19,20,21). The molecule has 1 N–H and O–H groups in total. The van der Waals surface area contributed by atoms with Crippen LogP contribution in [0.25, 0.3) is 0 Å². The lowest BCUT2D eigenvalue weighted by molar-refractivity contribution is 0.102. The van der Waals surface area contributed by atoms with Gasteiger partial charge in [0.15, 0.2) is 0 Å². The third kappa shape index (κ3) is 4.06. The van der Waals surface area contributed by atoms with Crippen LogP contribution in [0.2, 0.25) is 0 Å². The lowest BCUT2D eigenvalue weighted by Crippen LogP contribution is -2.23. The second-order valence-electron chi connectivity index (χ2n) is 5.86. The van der Waals surface area contributed by atoms with E-state index in [2.05, 4.69) is 17.2 Å². The van der Waals surface area contributed by atoms with Crippen molar-refractivity contribution in [2.45, 2.75) is 46.5 Å². The van der Waals surface area contributed by atoms with Crippen LogP contribution in [0.5, 0.6) is 0 Å². The summed E-state index contributed by atoms with van der Waals surface area (Å²) in [6, 6.07) is 5.31. The van der Waals surface area contributed by atoms with Gasteiger partial charge in [-0.1, -0.05) is 26.3 Å². The summed E-state index contributed by atoms with van der Waals surface area (Å²) in [7, 11) is 0.